The van der Waals surface area contributed by atoms with Crippen LogP contribution < -0.4 is 10.2 Å². The van der Waals surface area contributed by atoms with Gasteiger partial charge in [-0.3, -0.25) is 0 Å². The van der Waals surface area contributed by atoms with E-state index in [-0.39, 0.29) is 18.5 Å². The minimum atomic E-state index is -0.169. The Labute approximate surface area is 101 Å². The number of hydrogen-bond donors (Lipinski definition) is 2. The van der Waals surface area contributed by atoms with Gasteiger partial charge in [0.1, 0.15) is 5.82 Å². The lowest BCUT2D eigenvalue weighted by atomic mass is 10.2. The zero-order valence-electron chi connectivity index (χ0n) is 9.90. The largest absolute Gasteiger partial charge is 0.396 e. The average Bonchev–Trinajstić information content (AvgIpc) is 2.56. The van der Waals surface area contributed by atoms with Crippen LogP contribution in [-0.2, 0) is 0 Å². The second-order valence-electron chi connectivity index (χ2n) is 4.41. The van der Waals surface area contributed by atoms with Gasteiger partial charge in [-0.1, -0.05) is 12.1 Å². The summed E-state index contributed by atoms with van der Waals surface area (Å²) in [4.78, 5) is 2.07. The van der Waals surface area contributed by atoms with Crippen molar-refractivity contribution in [2.24, 2.45) is 0 Å². The van der Waals surface area contributed by atoms with Gasteiger partial charge in [-0.15, -0.1) is 0 Å². The van der Waals surface area contributed by atoms with E-state index in [1.165, 1.54) is 6.07 Å². The first kappa shape index (κ1) is 12.3. The van der Waals surface area contributed by atoms with E-state index < -0.39 is 0 Å². The topological polar surface area (TPSA) is 35.5 Å². The smallest absolute Gasteiger partial charge is 0.146 e. The minimum Gasteiger partial charge on any atom is -0.396 e. The first-order valence-corrected chi connectivity index (χ1v) is 6.15. The maximum absolute atomic E-state index is 13.7. The molecule has 94 valence electrons. The van der Waals surface area contributed by atoms with Crippen molar-refractivity contribution in [2.75, 3.05) is 31.1 Å². The number of aliphatic hydroxyl groups excluding tert-OH is 1. The van der Waals surface area contributed by atoms with Gasteiger partial charge >= 0.3 is 0 Å². The molecule has 0 saturated carbocycles. The molecule has 1 aliphatic rings. The fraction of sp³-hybridized carbons (Fsp3) is 0.538. The van der Waals surface area contributed by atoms with Crippen molar-refractivity contribution in [3.63, 3.8) is 0 Å². The van der Waals surface area contributed by atoms with Gasteiger partial charge in [-0.2, -0.15) is 0 Å². The van der Waals surface area contributed by atoms with Gasteiger partial charge in [0, 0.05) is 25.7 Å². The van der Waals surface area contributed by atoms with Crippen molar-refractivity contribution >= 4 is 5.69 Å². The number of para-hydroxylation sites is 1. The normalized spacial score (nSPS) is 21.3. The molecule has 1 aliphatic heterocycles. The molecule has 2 rings (SSSR count). The number of hydrogen-bond acceptors (Lipinski definition) is 3. The number of rotatable bonds is 3. The Balaban J connectivity index is 2.11. The molecule has 0 radical (unpaired) electrons. The lowest BCUT2D eigenvalue weighted by molar-refractivity contribution is 0.267. The van der Waals surface area contributed by atoms with E-state index >= 15 is 0 Å². The molecule has 1 aromatic rings. The molecule has 4 heteroatoms. The van der Waals surface area contributed by atoms with Crippen molar-refractivity contribution in [2.45, 2.75) is 18.9 Å². The Morgan fingerprint density at radius 2 is 2.24 bits per heavy atom. The molecule has 1 saturated heterocycles. The predicted octanol–water partition coefficient (Wildman–Crippen LogP) is 1.38. The molecular formula is C13H19FN2O. The molecule has 0 bridgehead atoms. The lowest BCUT2D eigenvalue weighted by Crippen LogP contribution is -2.38. The quantitative estimate of drug-likeness (QED) is 0.835. The Hall–Kier alpha value is -1.13. The van der Waals surface area contributed by atoms with Gasteiger partial charge in [0.05, 0.1) is 5.69 Å². The van der Waals surface area contributed by atoms with E-state index in [1.807, 2.05) is 12.1 Å². The first-order chi connectivity index (χ1) is 8.31. The molecular weight excluding hydrogens is 219 g/mol. The second kappa shape index (κ2) is 5.98. The summed E-state index contributed by atoms with van der Waals surface area (Å²) < 4.78 is 13.7. The molecule has 1 aromatic carbocycles. The van der Waals surface area contributed by atoms with E-state index in [2.05, 4.69) is 10.2 Å². The third kappa shape index (κ3) is 3.17. The number of halogens is 1. The summed E-state index contributed by atoms with van der Waals surface area (Å²) in [6.45, 7) is 2.70. The summed E-state index contributed by atoms with van der Waals surface area (Å²) in [5, 5.41) is 12.4. The fourth-order valence-corrected chi connectivity index (χ4v) is 2.27. The summed E-state index contributed by atoms with van der Waals surface area (Å²) in [7, 11) is 0. The molecule has 17 heavy (non-hydrogen) atoms. The number of benzene rings is 1. The van der Waals surface area contributed by atoms with Crippen LogP contribution in [0.2, 0.25) is 0 Å². The molecule has 1 atom stereocenters. The fourth-order valence-electron chi connectivity index (χ4n) is 2.27. The summed E-state index contributed by atoms with van der Waals surface area (Å²) in [6.07, 6.45) is 1.71. The maximum atomic E-state index is 13.7. The van der Waals surface area contributed by atoms with E-state index in [9.17, 15) is 4.39 Å². The van der Waals surface area contributed by atoms with Crippen molar-refractivity contribution in [3.05, 3.63) is 30.1 Å². The molecule has 1 heterocycles. The van der Waals surface area contributed by atoms with E-state index in [0.29, 0.717) is 12.1 Å². The zero-order chi connectivity index (χ0) is 12.1. The van der Waals surface area contributed by atoms with Crippen molar-refractivity contribution in [1.29, 1.82) is 0 Å². The van der Waals surface area contributed by atoms with Gasteiger partial charge in [0.25, 0.3) is 0 Å². The average molecular weight is 238 g/mol. The SMILES string of the molecule is OCCC1CN(c2ccccc2F)CCCN1. The van der Waals surface area contributed by atoms with Crippen LogP contribution in [-0.4, -0.2) is 37.4 Å². The Morgan fingerprint density at radius 3 is 3.00 bits per heavy atom. The third-order valence-corrected chi connectivity index (χ3v) is 3.15. The Bertz CT molecular complexity index is 359. The molecule has 0 spiro atoms. The Kier molecular flexibility index (Phi) is 4.34. The summed E-state index contributed by atoms with van der Waals surface area (Å²) in [5.74, 6) is -0.169. The standard InChI is InChI=1S/C13H19FN2O/c14-12-4-1-2-5-13(12)16-8-3-7-15-11(10-16)6-9-17/h1-2,4-5,11,15,17H,3,6-10H2. The molecule has 1 unspecified atom stereocenters. The van der Waals surface area contributed by atoms with Crippen LogP contribution in [0.4, 0.5) is 10.1 Å². The molecule has 0 amide bonds. The highest BCUT2D eigenvalue weighted by atomic mass is 19.1. The minimum absolute atomic E-state index is 0.169. The van der Waals surface area contributed by atoms with Crippen LogP contribution in [0.15, 0.2) is 24.3 Å². The summed E-state index contributed by atoms with van der Waals surface area (Å²) in [6, 6.07) is 7.12. The van der Waals surface area contributed by atoms with Crippen LogP contribution in [0, 0.1) is 5.82 Å². The highest BCUT2D eigenvalue weighted by Crippen LogP contribution is 2.20. The third-order valence-electron chi connectivity index (χ3n) is 3.15. The highest BCUT2D eigenvalue weighted by molar-refractivity contribution is 5.47. The predicted molar refractivity (Wildman–Crippen MR) is 66.7 cm³/mol. The first-order valence-electron chi connectivity index (χ1n) is 6.15. The molecule has 0 aromatic heterocycles. The Morgan fingerprint density at radius 1 is 1.41 bits per heavy atom. The monoisotopic (exact) mass is 238 g/mol. The second-order valence-corrected chi connectivity index (χ2v) is 4.41. The van der Waals surface area contributed by atoms with Crippen molar-refractivity contribution < 1.29 is 9.50 Å². The number of anilines is 1. The summed E-state index contributed by atoms with van der Waals surface area (Å²) >= 11 is 0. The lowest BCUT2D eigenvalue weighted by Gasteiger charge is -2.26. The van der Waals surface area contributed by atoms with Gasteiger partial charge in [-0.25, -0.2) is 4.39 Å². The highest BCUT2D eigenvalue weighted by Gasteiger charge is 2.19. The summed E-state index contributed by atoms with van der Waals surface area (Å²) in [5.41, 5.74) is 0.666. The molecule has 3 nitrogen and oxygen atoms in total. The maximum Gasteiger partial charge on any atom is 0.146 e. The van der Waals surface area contributed by atoms with Gasteiger partial charge in [-0.05, 0) is 31.5 Å². The van der Waals surface area contributed by atoms with Crippen LogP contribution in [0.5, 0.6) is 0 Å². The van der Waals surface area contributed by atoms with Crippen LogP contribution in [0.1, 0.15) is 12.8 Å². The van der Waals surface area contributed by atoms with Crippen LogP contribution in [0.25, 0.3) is 0 Å². The number of nitrogens with one attached hydrogen (secondary N) is 1. The molecule has 2 N–H and O–H groups in total. The van der Waals surface area contributed by atoms with Crippen LogP contribution in [0.3, 0.4) is 0 Å². The van der Waals surface area contributed by atoms with Gasteiger partial charge < -0.3 is 15.3 Å². The van der Waals surface area contributed by atoms with Gasteiger partial charge in [0.15, 0.2) is 0 Å². The van der Waals surface area contributed by atoms with E-state index in [4.69, 9.17) is 5.11 Å². The molecule has 0 aliphatic carbocycles. The number of aliphatic hydroxyl groups is 1. The van der Waals surface area contributed by atoms with E-state index in [1.54, 1.807) is 6.07 Å². The van der Waals surface area contributed by atoms with Crippen LogP contribution >= 0.6 is 0 Å². The number of nitrogens with zero attached hydrogens (tertiary/aromatic N) is 1. The van der Waals surface area contributed by atoms with Crippen molar-refractivity contribution in [3.8, 4) is 0 Å². The zero-order valence-corrected chi connectivity index (χ0v) is 9.90. The molecule has 1 fully saturated rings. The van der Waals surface area contributed by atoms with Gasteiger partial charge in [0.2, 0.25) is 0 Å². The van der Waals surface area contributed by atoms with Crippen molar-refractivity contribution in [1.82, 2.24) is 5.32 Å². The van der Waals surface area contributed by atoms with E-state index in [0.717, 1.165) is 26.1 Å².